The smallest absolute Gasteiger partial charge is 0.411 e. The van der Waals surface area contributed by atoms with Crippen molar-refractivity contribution in [3.63, 3.8) is 0 Å². The molecule has 12 nitrogen and oxygen atoms in total. The quantitative estimate of drug-likeness (QED) is 0.317. The number of ether oxygens (including phenoxy) is 1. The summed E-state index contributed by atoms with van der Waals surface area (Å²) < 4.78 is 29.7. The van der Waals surface area contributed by atoms with Crippen molar-refractivity contribution in [3.8, 4) is 11.4 Å². The van der Waals surface area contributed by atoms with Crippen molar-refractivity contribution in [3.05, 3.63) is 77.6 Å². The summed E-state index contributed by atoms with van der Waals surface area (Å²) in [5, 5.41) is 3.59. The number of benzene rings is 1. The summed E-state index contributed by atoms with van der Waals surface area (Å²) in [7, 11) is -3.48. The number of hydrogen-bond acceptors (Lipinski definition) is 9. The average molecular weight is 657 g/mol. The molecule has 13 heteroatoms. The largest absolute Gasteiger partial charge is 0.444 e. The SMILES string of the molecule is Cc1ccc(C(=O)NCc2cc3nc(-c4cccc(N5CCC6(CCN6C(=O)OC(C)(C)C)C5=O)n4)ccc3cn2)cc1S(C)(=O)=O. The second-order valence-electron chi connectivity index (χ2n) is 13.0. The summed E-state index contributed by atoms with van der Waals surface area (Å²) in [5.74, 6) is -0.105. The van der Waals surface area contributed by atoms with Gasteiger partial charge in [0.25, 0.3) is 11.8 Å². The number of likely N-dealkylation sites (tertiary alicyclic amines) is 1. The lowest BCUT2D eigenvalue weighted by molar-refractivity contribution is -0.135. The van der Waals surface area contributed by atoms with Crippen LogP contribution in [0.1, 0.15) is 55.2 Å². The van der Waals surface area contributed by atoms with Gasteiger partial charge >= 0.3 is 6.09 Å². The van der Waals surface area contributed by atoms with Crippen LogP contribution in [0, 0.1) is 6.92 Å². The molecule has 0 radical (unpaired) electrons. The molecule has 2 aliphatic heterocycles. The van der Waals surface area contributed by atoms with Crippen molar-refractivity contribution in [2.45, 2.75) is 63.1 Å². The van der Waals surface area contributed by atoms with E-state index >= 15 is 0 Å². The molecule has 2 aliphatic rings. The van der Waals surface area contributed by atoms with Gasteiger partial charge in [0.15, 0.2) is 9.84 Å². The van der Waals surface area contributed by atoms with Crippen LogP contribution in [0.25, 0.3) is 22.3 Å². The van der Waals surface area contributed by atoms with Crippen molar-refractivity contribution in [2.24, 2.45) is 0 Å². The molecule has 1 N–H and O–H groups in total. The zero-order valence-corrected chi connectivity index (χ0v) is 27.7. The number of carbonyl (C=O) groups excluding carboxylic acids is 3. The van der Waals surface area contributed by atoms with Gasteiger partial charge in [0.05, 0.1) is 34.0 Å². The first-order valence-corrected chi connectivity index (χ1v) is 17.2. The van der Waals surface area contributed by atoms with Crippen molar-refractivity contribution >= 4 is 44.5 Å². The molecule has 4 aromatic rings. The van der Waals surface area contributed by atoms with Crippen LogP contribution in [-0.2, 0) is 25.9 Å². The van der Waals surface area contributed by atoms with Crippen LogP contribution >= 0.6 is 0 Å². The highest BCUT2D eigenvalue weighted by molar-refractivity contribution is 7.90. The summed E-state index contributed by atoms with van der Waals surface area (Å²) in [6.07, 6.45) is 3.38. The number of sulfone groups is 1. The molecule has 2 fully saturated rings. The fraction of sp³-hybridized carbons (Fsp3) is 0.353. The third kappa shape index (κ3) is 6.27. The highest BCUT2D eigenvalue weighted by Gasteiger charge is 2.59. The third-order valence-corrected chi connectivity index (χ3v) is 9.69. The van der Waals surface area contributed by atoms with Crippen molar-refractivity contribution in [1.82, 2.24) is 25.2 Å². The number of aryl methyl sites for hydroxylation is 1. The maximum absolute atomic E-state index is 13.7. The maximum Gasteiger partial charge on any atom is 0.411 e. The van der Waals surface area contributed by atoms with Crippen LogP contribution in [-0.4, -0.2) is 76.7 Å². The van der Waals surface area contributed by atoms with Crippen LogP contribution in [0.3, 0.4) is 0 Å². The number of rotatable bonds is 6. The second-order valence-corrected chi connectivity index (χ2v) is 15.0. The van der Waals surface area contributed by atoms with Crippen molar-refractivity contribution in [2.75, 3.05) is 24.2 Å². The van der Waals surface area contributed by atoms with Gasteiger partial charge in [-0.05, 0) is 88.6 Å². The number of fused-ring (bicyclic) bond motifs is 1. The Hall–Kier alpha value is -4.91. The van der Waals surface area contributed by atoms with Gasteiger partial charge in [0.2, 0.25) is 0 Å². The molecule has 0 bridgehead atoms. The van der Waals surface area contributed by atoms with Crippen molar-refractivity contribution in [1.29, 1.82) is 0 Å². The number of carbonyl (C=O) groups is 3. The molecule has 1 atom stereocenters. The van der Waals surface area contributed by atoms with Gasteiger partial charge in [-0.3, -0.25) is 24.4 Å². The Morgan fingerprint density at radius 1 is 1.00 bits per heavy atom. The first kappa shape index (κ1) is 32.0. The fourth-order valence-electron chi connectivity index (χ4n) is 5.96. The predicted molar refractivity (Wildman–Crippen MR) is 175 cm³/mol. The monoisotopic (exact) mass is 656 g/mol. The van der Waals surface area contributed by atoms with Crippen LogP contribution < -0.4 is 10.2 Å². The number of aromatic nitrogens is 3. The normalized spacial score (nSPS) is 18.0. The predicted octanol–water partition coefficient (Wildman–Crippen LogP) is 4.45. The lowest BCUT2D eigenvalue weighted by Gasteiger charge is -2.48. The molecule has 244 valence electrons. The van der Waals surface area contributed by atoms with E-state index < -0.39 is 33.0 Å². The molecule has 0 aliphatic carbocycles. The minimum Gasteiger partial charge on any atom is -0.444 e. The molecule has 3 aromatic heterocycles. The Kier molecular flexibility index (Phi) is 7.99. The van der Waals surface area contributed by atoms with Gasteiger partial charge < -0.3 is 10.1 Å². The molecule has 47 heavy (non-hydrogen) atoms. The van der Waals surface area contributed by atoms with E-state index in [1.54, 1.807) is 63.1 Å². The highest BCUT2D eigenvalue weighted by atomic mass is 32.2. The van der Waals surface area contributed by atoms with E-state index in [4.69, 9.17) is 14.7 Å². The average Bonchev–Trinajstić information content (AvgIpc) is 3.36. The fourth-order valence-corrected chi connectivity index (χ4v) is 6.96. The van der Waals surface area contributed by atoms with Crippen molar-refractivity contribution < 1.29 is 27.5 Å². The molecule has 0 saturated carbocycles. The Balaban J connectivity index is 1.18. The van der Waals surface area contributed by atoms with Gasteiger partial charge in [0, 0.05) is 36.5 Å². The summed E-state index contributed by atoms with van der Waals surface area (Å²) in [6.45, 7) is 8.10. The van der Waals surface area contributed by atoms with Gasteiger partial charge in [-0.2, -0.15) is 0 Å². The summed E-state index contributed by atoms with van der Waals surface area (Å²) in [4.78, 5) is 56.6. The zero-order valence-electron chi connectivity index (χ0n) is 26.9. The zero-order chi connectivity index (χ0) is 33.7. The molecular formula is C34H36N6O6S. The van der Waals surface area contributed by atoms with E-state index in [0.29, 0.717) is 59.9 Å². The Labute approximate surface area is 273 Å². The molecule has 1 spiro atoms. The lowest BCUT2D eigenvalue weighted by atomic mass is 9.83. The summed E-state index contributed by atoms with van der Waals surface area (Å²) in [5.41, 5.74) is 1.61. The molecular weight excluding hydrogens is 620 g/mol. The topological polar surface area (TPSA) is 152 Å². The van der Waals surface area contributed by atoms with Gasteiger partial charge in [-0.1, -0.05) is 12.1 Å². The minimum absolute atomic E-state index is 0.107. The van der Waals surface area contributed by atoms with E-state index in [1.165, 1.54) is 11.0 Å². The second kappa shape index (κ2) is 11.7. The number of nitrogens with one attached hydrogen (secondary N) is 1. The number of nitrogens with zero attached hydrogens (tertiary/aromatic N) is 5. The standard InChI is InChI=1S/C34H36N6O6S/c1-21-9-10-22(17-28(21)47(5,44)45)30(41)36-20-24-18-27-23(19-35-24)11-12-26(37-27)25-7-6-8-29(38-25)39-15-13-34(31(39)42)14-16-40(34)32(43)46-33(2,3)4/h6-12,17-19H,13-16,20H2,1-5H3,(H,36,41). The van der Waals surface area contributed by atoms with E-state index in [2.05, 4.69) is 10.3 Å². The Morgan fingerprint density at radius 2 is 1.74 bits per heavy atom. The van der Waals surface area contributed by atoms with E-state index in [1.807, 2.05) is 24.3 Å². The van der Waals surface area contributed by atoms with Gasteiger partial charge in [0.1, 0.15) is 17.0 Å². The van der Waals surface area contributed by atoms with Gasteiger partial charge in [-0.25, -0.2) is 23.2 Å². The van der Waals surface area contributed by atoms with E-state index in [9.17, 15) is 22.8 Å². The van der Waals surface area contributed by atoms with Crippen LogP contribution in [0.2, 0.25) is 0 Å². The van der Waals surface area contributed by atoms with Gasteiger partial charge in [-0.15, -0.1) is 0 Å². The third-order valence-electron chi connectivity index (χ3n) is 8.46. The van der Waals surface area contributed by atoms with Crippen LogP contribution in [0.4, 0.5) is 10.6 Å². The maximum atomic E-state index is 13.7. The molecule has 1 aromatic carbocycles. The molecule has 3 amide bonds. The molecule has 5 heterocycles. The molecule has 6 rings (SSSR count). The molecule has 2 saturated heterocycles. The van der Waals surface area contributed by atoms with E-state index in [-0.39, 0.29) is 22.9 Å². The van der Waals surface area contributed by atoms with Crippen LogP contribution in [0.5, 0.6) is 0 Å². The number of amides is 3. The van der Waals surface area contributed by atoms with E-state index in [0.717, 1.165) is 11.6 Å². The van der Waals surface area contributed by atoms with Crippen LogP contribution in [0.15, 0.2) is 65.7 Å². The highest BCUT2D eigenvalue weighted by Crippen LogP contribution is 2.42. The number of anilines is 1. The molecule has 1 unspecified atom stereocenters. The first-order chi connectivity index (χ1) is 22.1. The Morgan fingerprint density at radius 3 is 2.45 bits per heavy atom. The Bertz CT molecular complexity index is 2040. The number of hydrogen-bond donors (Lipinski definition) is 1. The first-order valence-electron chi connectivity index (χ1n) is 15.3. The summed E-state index contributed by atoms with van der Waals surface area (Å²) in [6, 6.07) is 15.5. The summed E-state index contributed by atoms with van der Waals surface area (Å²) >= 11 is 0. The lowest BCUT2D eigenvalue weighted by Crippen LogP contribution is -2.66. The minimum atomic E-state index is -3.48. The number of pyridine rings is 3.